The number of fused-ring (bicyclic) bond motifs is 3. The summed E-state index contributed by atoms with van der Waals surface area (Å²) in [6.45, 7) is 1.97. The lowest BCUT2D eigenvalue weighted by Crippen LogP contribution is -2.22. The topological polar surface area (TPSA) is 60.7 Å². The van der Waals surface area contributed by atoms with Gasteiger partial charge < -0.3 is 9.30 Å². The van der Waals surface area contributed by atoms with Gasteiger partial charge in [-0.1, -0.05) is 48.6 Å². The molecule has 0 N–H and O–H groups in total. The summed E-state index contributed by atoms with van der Waals surface area (Å²) in [5, 5.41) is 2.20. The van der Waals surface area contributed by atoms with Crippen molar-refractivity contribution in [2.75, 3.05) is 7.11 Å². The van der Waals surface area contributed by atoms with Crippen LogP contribution in [0, 0.1) is 0 Å². The van der Waals surface area contributed by atoms with Crippen LogP contribution in [0.2, 0.25) is 0 Å². The normalized spacial score (nSPS) is 12.0. The van der Waals surface area contributed by atoms with E-state index in [2.05, 4.69) is 4.99 Å². The second-order valence-corrected chi connectivity index (χ2v) is 6.41. The number of rotatable bonds is 4. The highest BCUT2D eigenvalue weighted by atomic mass is 32.1. The summed E-state index contributed by atoms with van der Waals surface area (Å²) in [5.74, 6) is -0.542. The highest BCUT2D eigenvalue weighted by Gasteiger charge is 2.13. The van der Waals surface area contributed by atoms with E-state index in [4.69, 9.17) is 4.74 Å². The first-order valence-corrected chi connectivity index (χ1v) is 8.61. The Morgan fingerprint density at radius 2 is 2.00 bits per heavy atom. The van der Waals surface area contributed by atoms with Crippen molar-refractivity contribution in [3.8, 4) is 0 Å². The zero-order valence-electron chi connectivity index (χ0n) is 13.6. The molecule has 1 aromatic heterocycles. The molecule has 3 aromatic rings. The van der Waals surface area contributed by atoms with Crippen molar-refractivity contribution in [3.05, 3.63) is 41.2 Å². The molecule has 0 saturated carbocycles. The summed E-state index contributed by atoms with van der Waals surface area (Å²) in [7, 11) is 1.35. The van der Waals surface area contributed by atoms with E-state index in [9.17, 15) is 9.59 Å². The molecule has 0 unspecified atom stereocenters. The standard InChI is InChI=1S/C18H18N2O3S/c1-3-6-15(21)19-18-20(11-16(22)23-2)14-10-9-12-7-4-5-8-13(12)17(14)24-18/h4-5,7-10H,3,6,11H2,1-2H3. The summed E-state index contributed by atoms with van der Waals surface area (Å²) in [5.41, 5.74) is 0.882. The van der Waals surface area contributed by atoms with Crippen LogP contribution in [0.1, 0.15) is 19.8 Å². The number of esters is 1. The number of hydrogen-bond acceptors (Lipinski definition) is 4. The van der Waals surface area contributed by atoms with Gasteiger partial charge in [-0.15, -0.1) is 0 Å². The minimum Gasteiger partial charge on any atom is -0.468 e. The van der Waals surface area contributed by atoms with Gasteiger partial charge in [0.05, 0.1) is 17.3 Å². The van der Waals surface area contributed by atoms with E-state index in [-0.39, 0.29) is 18.4 Å². The quantitative estimate of drug-likeness (QED) is 0.684. The molecule has 0 aliphatic heterocycles. The van der Waals surface area contributed by atoms with E-state index in [1.54, 1.807) is 4.57 Å². The molecule has 6 heteroatoms. The molecule has 0 radical (unpaired) electrons. The predicted molar refractivity (Wildman–Crippen MR) is 94.8 cm³/mol. The third kappa shape index (κ3) is 3.10. The predicted octanol–water partition coefficient (Wildman–Crippen LogP) is 3.26. The van der Waals surface area contributed by atoms with Crippen molar-refractivity contribution in [2.24, 2.45) is 4.99 Å². The van der Waals surface area contributed by atoms with Gasteiger partial charge in [0.15, 0.2) is 4.80 Å². The first-order chi connectivity index (χ1) is 11.6. The lowest BCUT2D eigenvalue weighted by atomic mass is 10.1. The number of carbonyl (C=O) groups is 2. The summed E-state index contributed by atoms with van der Waals surface area (Å²) >= 11 is 1.43. The molecule has 1 heterocycles. The van der Waals surface area contributed by atoms with Crippen LogP contribution in [0.3, 0.4) is 0 Å². The average molecular weight is 342 g/mol. The zero-order valence-corrected chi connectivity index (χ0v) is 14.4. The Balaban J connectivity index is 2.28. The fraction of sp³-hybridized carbons (Fsp3) is 0.278. The third-order valence-electron chi connectivity index (χ3n) is 3.77. The van der Waals surface area contributed by atoms with Crippen molar-refractivity contribution in [1.82, 2.24) is 4.57 Å². The molecule has 0 spiro atoms. The monoisotopic (exact) mass is 342 g/mol. The van der Waals surface area contributed by atoms with Gasteiger partial charge in [0.25, 0.3) is 0 Å². The van der Waals surface area contributed by atoms with Crippen LogP contribution in [-0.4, -0.2) is 23.6 Å². The minimum atomic E-state index is -0.368. The van der Waals surface area contributed by atoms with Crippen LogP contribution in [0.25, 0.3) is 21.0 Å². The van der Waals surface area contributed by atoms with Crippen molar-refractivity contribution < 1.29 is 14.3 Å². The van der Waals surface area contributed by atoms with Gasteiger partial charge in [0.1, 0.15) is 6.54 Å². The van der Waals surface area contributed by atoms with Crippen LogP contribution in [-0.2, 0) is 20.9 Å². The number of benzene rings is 2. The van der Waals surface area contributed by atoms with E-state index in [0.717, 1.165) is 27.4 Å². The molecule has 5 nitrogen and oxygen atoms in total. The molecule has 0 saturated heterocycles. The van der Waals surface area contributed by atoms with Gasteiger partial charge in [-0.3, -0.25) is 9.59 Å². The maximum atomic E-state index is 12.0. The van der Waals surface area contributed by atoms with Crippen LogP contribution >= 0.6 is 11.3 Å². The Morgan fingerprint density at radius 1 is 1.21 bits per heavy atom. The lowest BCUT2D eigenvalue weighted by Gasteiger charge is -2.04. The van der Waals surface area contributed by atoms with E-state index in [1.807, 2.05) is 43.3 Å². The van der Waals surface area contributed by atoms with Gasteiger partial charge in [-0.05, 0) is 17.9 Å². The maximum Gasteiger partial charge on any atom is 0.325 e. The van der Waals surface area contributed by atoms with Crippen LogP contribution in [0.5, 0.6) is 0 Å². The molecular weight excluding hydrogens is 324 g/mol. The Kier molecular flexibility index (Phi) is 4.76. The second-order valence-electron chi connectivity index (χ2n) is 5.44. The number of thiazole rings is 1. The summed E-state index contributed by atoms with van der Waals surface area (Å²) in [6, 6.07) is 12.0. The van der Waals surface area contributed by atoms with E-state index in [0.29, 0.717) is 11.2 Å². The van der Waals surface area contributed by atoms with E-state index >= 15 is 0 Å². The van der Waals surface area contributed by atoms with E-state index in [1.165, 1.54) is 18.4 Å². The Morgan fingerprint density at radius 3 is 2.75 bits per heavy atom. The van der Waals surface area contributed by atoms with Crippen LogP contribution < -0.4 is 4.80 Å². The summed E-state index contributed by atoms with van der Waals surface area (Å²) in [4.78, 5) is 28.5. The second kappa shape index (κ2) is 6.97. The van der Waals surface area contributed by atoms with Gasteiger partial charge in [-0.2, -0.15) is 4.99 Å². The molecule has 3 rings (SSSR count). The largest absolute Gasteiger partial charge is 0.468 e. The highest BCUT2D eigenvalue weighted by Crippen LogP contribution is 2.27. The molecule has 124 valence electrons. The SMILES string of the molecule is CCCC(=O)N=c1sc2c3ccccc3ccc2n1CC(=O)OC. The summed E-state index contributed by atoms with van der Waals surface area (Å²) < 4.78 is 7.56. The number of amides is 1. The number of ether oxygens (including phenoxy) is 1. The van der Waals surface area contributed by atoms with Gasteiger partial charge in [-0.25, -0.2) is 0 Å². The highest BCUT2D eigenvalue weighted by molar-refractivity contribution is 7.17. The molecule has 0 fully saturated rings. The molecule has 2 aromatic carbocycles. The van der Waals surface area contributed by atoms with Crippen molar-refractivity contribution >= 4 is 44.2 Å². The third-order valence-corrected chi connectivity index (χ3v) is 4.90. The summed E-state index contributed by atoms with van der Waals surface area (Å²) in [6.07, 6.45) is 1.14. The first-order valence-electron chi connectivity index (χ1n) is 7.79. The Bertz CT molecular complexity index is 985. The zero-order chi connectivity index (χ0) is 17.1. The van der Waals surface area contributed by atoms with Gasteiger partial charge in [0.2, 0.25) is 5.91 Å². The number of carbonyl (C=O) groups excluding carboxylic acids is 2. The Labute approximate surface area is 143 Å². The molecule has 0 aliphatic carbocycles. The van der Waals surface area contributed by atoms with Gasteiger partial charge >= 0.3 is 5.97 Å². The molecule has 0 atom stereocenters. The smallest absolute Gasteiger partial charge is 0.325 e. The molecular formula is C18H18N2O3S. The van der Waals surface area contributed by atoms with E-state index < -0.39 is 0 Å². The fourth-order valence-corrected chi connectivity index (χ4v) is 3.79. The van der Waals surface area contributed by atoms with Crippen molar-refractivity contribution in [1.29, 1.82) is 0 Å². The van der Waals surface area contributed by atoms with Gasteiger partial charge in [0, 0.05) is 11.8 Å². The average Bonchev–Trinajstić information content (AvgIpc) is 2.92. The van der Waals surface area contributed by atoms with Crippen molar-refractivity contribution in [2.45, 2.75) is 26.3 Å². The minimum absolute atomic E-state index is 0.0348. The molecule has 1 amide bonds. The fourth-order valence-electron chi connectivity index (χ4n) is 2.61. The van der Waals surface area contributed by atoms with Crippen LogP contribution in [0.15, 0.2) is 41.4 Å². The lowest BCUT2D eigenvalue weighted by molar-refractivity contribution is -0.141. The van der Waals surface area contributed by atoms with Crippen LogP contribution in [0.4, 0.5) is 0 Å². The maximum absolute atomic E-state index is 12.0. The molecule has 0 aliphatic rings. The molecule has 0 bridgehead atoms. The van der Waals surface area contributed by atoms with Crippen molar-refractivity contribution in [3.63, 3.8) is 0 Å². The number of methoxy groups -OCH3 is 1. The number of hydrogen-bond donors (Lipinski definition) is 0. The number of aromatic nitrogens is 1. The Hall–Kier alpha value is -2.47. The first kappa shape index (κ1) is 16.4. The molecule has 24 heavy (non-hydrogen) atoms. The number of nitrogens with zero attached hydrogens (tertiary/aromatic N) is 2.